The van der Waals surface area contributed by atoms with Gasteiger partial charge >= 0.3 is 0 Å². The van der Waals surface area contributed by atoms with Crippen LogP contribution in [0, 0.1) is 0 Å². The molecule has 2 heteroatoms. The monoisotopic (exact) mass is 483 g/mol. The summed E-state index contributed by atoms with van der Waals surface area (Å²) >= 11 is 0. The third kappa shape index (κ3) is 3.15. The van der Waals surface area contributed by atoms with Crippen molar-refractivity contribution >= 4 is 38.6 Å². The number of nitrogens with zero attached hydrogens (tertiary/aromatic N) is 2. The van der Waals surface area contributed by atoms with Crippen molar-refractivity contribution in [2.75, 3.05) is 19.0 Å². The molecular weight excluding hydrogens is 448 g/mol. The molecule has 184 valence electrons. The molecule has 2 heterocycles. The standard InChI is InChI=1S/C35H35N2/c1-7-21-34(3)30(36(5)28-19-17-24-13-9-11-15-26(24)32(28)34)23-31-35(4,22-8-2)33-27-16-12-10-14-25(27)18-20-29(33)37(31)6/h7-20,23H,1-2,21-22H2,3-6H3/q+1. The quantitative estimate of drug-likeness (QED) is 0.204. The predicted octanol–water partition coefficient (Wildman–Crippen LogP) is 8.42. The minimum absolute atomic E-state index is 0.188. The Balaban J connectivity index is 1.62. The number of allylic oxidation sites excluding steroid dienone is 4. The molecule has 0 amide bonds. The van der Waals surface area contributed by atoms with Crippen LogP contribution in [0.1, 0.15) is 37.8 Å². The smallest absolute Gasteiger partial charge is 0.210 e. The molecule has 2 aliphatic rings. The number of hydrogen-bond donors (Lipinski definition) is 0. The maximum Gasteiger partial charge on any atom is 0.210 e. The van der Waals surface area contributed by atoms with E-state index in [2.05, 4.69) is 142 Å². The van der Waals surface area contributed by atoms with E-state index in [1.54, 1.807) is 0 Å². The number of likely N-dealkylation sites (N-methyl/N-ethyl adjacent to an activating group) is 1. The molecule has 4 aromatic carbocycles. The van der Waals surface area contributed by atoms with Crippen LogP contribution in [0.5, 0.6) is 0 Å². The van der Waals surface area contributed by atoms with Gasteiger partial charge in [-0.05, 0) is 65.9 Å². The van der Waals surface area contributed by atoms with Crippen LogP contribution >= 0.6 is 0 Å². The maximum atomic E-state index is 4.18. The van der Waals surface area contributed by atoms with Gasteiger partial charge in [0.1, 0.15) is 7.05 Å². The van der Waals surface area contributed by atoms with Crippen molar-refractivity contribution in [3.05, 3.63) is 121 Å². The van der Waals surface area contributed by atoms with E-state index < -0.39 is 0 Å². The van der Waals surface area contributed by atoms with Crippen LogP contribution in [0.15, 0.2) is 110 Å². The van der Waals surface area contributed by atoms with Crippen LogP contribution in [-0.2, 0) is 10.8 Å². The lowest BCUT2D eigenvalue weighted by Crippen LogP contribution is -2.34. The van der Waals surface area contributed by atoms with Crippen LogP contribution in [-0.4, -0.2) is 24.4 Å². The van der Waals surface area contributed by atoms with Gasteiger partial charge < -0.3 is 4.90 Å². The van der Waals surface area contributed by atoms with Crippen molar-refractivity contribution in [1.82, 2.24) is 0 Å². The molecule has 0 radical (unpaired) electrons. The van der Waals surface area contributed by atoms with Gasteiger partial charge in [-0.15, -0.1) is 13.2 Å². The number of hydrogen-bond acceptors (Lipinski definition) is 1. The molecule has 2 atom stereocenters. The Hall–Kier alpha value is -3.91. The Labute approximate surface area is 220 Å². The third-order valence-corrected chi connectivity index (χ3v) is 8.87. The van der Waals surface area contributed by atoms with Gasteiger partial charge in [0.05, 0.1) is 5.41 Å². The van der Waals surface area contributed by atoms with E-state index in [1.807, 2.05) is 0 Å². The number of rotatable bonds is 5. The highest BCUT2D eigenvalue weighted by Gasteiger charge is 2.50. The van der Waals surface area contributed by atoms with Crippen LogP contribution < -0.4 is 4.90 Å². The molecule has 0 bridgehead atoms. The summed E-state index contributed by atoms with van der Waals surface area (Å²) in [5.74, 6) is 0. The fourth-order valence-electron chi connectivity index (χ4n) is 7.13. The van der Waals surface area contributed by atoms with Crippen LogP contribution in [0.4, 0.5) is 11.4 Å². The van der Waals surface area contributed by atoms with Crippen LogP contribution in [0.2, 0.25) is 0 Å². The van der Waals surface area contributed by atoms with Crippen molar-refractivity contribution in [3.63, 3.8) is 0 Å². The minimum atomic E-state index is -0.188. The average molecular weight is 484 g/mol. The van der Waals surface area contributed by atoms with Gasteiger partial charge in [0, 0.05) is 41.6 Å². The molecule has 2 nitrogen and oxygen atoms in total. The molecule has 0 N–H and O–H groups in total. The fraction of sp³-hybridized carbons (Fsp3) is 0.229. The number of fused-ring (bicyclic) bond motifs is 6. The lowest BCUT2D eigenvalue weighted by atomic mass is 9.72. The van der Waals surface area contributed by atoms with E-state index in [0.717, 1.165) is 12.8 Å². The topological polar surface area (TPSA) is 6.25 Å². The Bertz CT molecular complexity index is 1670. The molecule has 2 aliphatic heterocycles. The zero-order chi connectivity index (χ0) is 25.9. The van der Waals surface area contributed by atoms with E-state index in [1.165, 1.54) is 55.5 Å². The number of anilines is 1. The van der Waals surface area contributed by atoms with Crippen LogP contribution in [0.3, 0.4) is 0 Å². The first-order valence-corrected chi connectivity index (χ1v) is 13.2. The zero-order valence-corrected chi connectivity index (χ0v) is 22.4. The van der Waals surface area contributed by atoms with Gasteiger partial charge in [-0.25, -0.2) is 0 Å². The molecule has 37 heavy (non-hydrogen) atoms. The largest absolute Gasteiger partial charge is 0.347 e. The fourth-order valence-corrected chi connectivity index (χ4v) is 7.13. The van der Waals surface area contributed by atoms with E-state index >= 15 is 0 Å². The highest BCUT2D eigenvalue weighted by molar-refractivity contribution is 6.09. The van der Waals surface area contributed by atoms with E-state index in [4.69, 9.17) is 0 Å². The van der Waals surface area contributed by atoms with Gasteiger partial charge in [0.25, 0.3) is 0 Å². The molecule has 0 aliphatic carbocycles. The minimum Gasteiger partial charge on any atom is -0.347 e. The normalized spacial score (nSPS) is 23.7. The highest BCUT2D eigenvalue weighted by Crippen LogP contribution is 2.53. The van der Waals surface area contributed by atoms with E-state index in [9.17, 15) is 0 Å². The maximum absolute atomic E-state index is 4.18. The summed E-state index contributed by atoms with van der Waals surface area (Å²) in [5, 5.41) is 5.22. The predicted molar refractivity (Wildman–Crippen MR) is 160 cm³/mol. The summed E-state index contributed by atoms with van der Waals surface area (Å²) < 4.78 is 2.40. The molecule has 4 aromatic rings. The summed E-state index contributed by atoms with van der Waals surface area (Å²) in [4.78, 5) is 2.40. The molecule has 2 unspecified atom stereocenters. The first-order chi connectivity index (χ1) is 17.8. The Morgan fingerprint density at radius 1 is 0.757 bits per heavy atom. The van der Waals surface area contributed by atoms with Gasteiger partial charge in [0.15, 0.2) is 5.71 Å². The first kappa shape index (κ1) is 23.5. The molecule has 0 spiro atoms. The second-order valence-electron chi connectivity index (χ2n) is 11.0. The van der Waals surface area contributed by atoms with Gasteiger partial charge in [-0.2, -0.15) is 4.58 Å². The first-order valence-electron chi connectivity index (χ1n) is 13.2. The van der Waals surface area contributed by atoms with Crippen molar-refractivity contribution in [1.29, 1.82) is 0 Å². The summed E-state index contributed by atoms with van der Waals surface area (Å²) in [7, 11) is 4.44. The average Bonchev–Trinajstić information content (AvgIpc) is 3.25. The third-order valence-electron chi connectivity index (χ3n) is 8.87. The molecule has 0 saturated carbocycles. The van der Waals surface area contributed by atoms with Crippen molar-refractivity contribution in [2.45, 2.75) is 37.5 Å². The Morgan fingerprint density at radius 3 is 1.97 bits per heavy atom. The Morgan fingerprint density at radius 2 is 1.32 bits per heavy atom. The molecular formula is C35H35N2+. The van der Waals surface area contributed by atoms with Crippen molar-refractivity contribution in [2.24, 2.45) is 0 Å². The van der Waals surface area contributed by atoms with Gasteiger partial charge in [0.2, 0.25) is 5.69 Å². The number of benzene rings is 4. The van der Waals surface area contributed by atoms with Gasteiger partial charge in [-0.1, -0.05) is 66.7 Å². The van der Waals surface area contributed by atoms with Crippen molar-refractivity contribution in [3.8, 4) is 0 Å². The second kappa shape index (κ2) is 8.31. The molecule has 0 fully saturated rings. The summed E-state index contributed by atoms with van der Waals surface area (Å²) in [6, 6.07) is 26.6. The molecule has 0 saturated heterocycles. The van der Waals surface area contributed by atoms with E-state index in [0.29, 0.717) is 0 Å². The Kier molecular flexibility index (Phi) is 5.28. The summed E-state index contributed by atoms with van der Waals surface area (Å²) in [5.41, 5.74) is 7.61. The van der Waals surface area contributed by atoms with E-state index in [-0.39, 0.29) is 10.8 Å². The summed E-state index contributed by atoms with van der Waals surface area (Å²) in [6.45, 7) is 13.1. The SMILES string of the molecule is C=CCC1(C)C(=CC2=[N+](C)c3ccc4ccccc4c3C2(C)CC=C)N(C)c2ccc3ccccc3c21. The van der Waals surface area contributed by atoms with Crippen molar-refractivity contribution < 1.29 is 4.58 Å². The molecule has 6 rings (SSSR count). The summed E-state index contributed by atoms with van der Waals surface area (Å²) in [6.07, 6.45) is 8.36. The lowest BCUT2D eigenvalue weighted by molar-refractivity contribution is -0.401. The highest BCUT2D eigenvalue weighted by atomic mass is 15.2. The second-order valence-corrected chi connectivity index (χ2v) is 11.0. The lowest BCUT2D eigenvalue weighted by Gasteiger charge is -2.29. The zero-order valence-electron chi connectivity index (χ0n) is 22.4. The molecule has 0 aromatic heterocycles. The van der Waals surface area contributed by atoms with Crippen LogP contribution in [0.25, 0.3) is 21.5 Å². The van der Waals surface area contributed by atoms with Gasteiger partial charge in [-0.3, -0.25) is 0 Å².